The molecule has 0 aromatic heterocycles. The number of nitrogens with zero attached hydrogens (tertiary/aromatic N) is 3. The van der Waals surface area contributed by atoms with E-state index in [0.29, 0.717) is 18.2 Å². The lowest BCUT2D eigenvalue weighted by Crippen LogP contribution is -2.39. The van der Waals surface area contributed by atoms with Gasteiger partial charge in [-0.3, -0.25) is 4.90 Å². The van der Waals surface area contributed by atoms with Crippen LogP contribution >= 0.6 is 23.4 Å². The number of hydrogen-bond donors (Lipinski definition) is 1. The Hall–Kier alpha value is -2.83. The summed E-state index contributed by atoms with van der Waals surface area (Å²) in [4.78, 5) is 17.4. The van der Waals surface area contributed by atoms with E-state index < -0.39 is 4.87 Å². The molecule has 2 amide bonds. The van der Waals surface area contributed by atoms with Gasteiger partial charge in [-0.15, -0.1) is 0 Å². The van der Waals surface area contributed by atoms with Crippen molar-refractivity contribution in [3.63, 3.8) is 0 Å². The van der Waals surface area contributed by atoms with Crippen molar-refractivity contribution >= 4 is 40.8 Å². The Morgan fingerprint density at radius 3 is 2.64 bits per heavy atom. The normalized spacial score (nSPS) is 19.6. The zero-order valence-electron chi connectivity index (χ0n) is 19.4. The third kappa shape index (κ3) is 4.77. The number of halogens is 1. The van der Waals surface area contributed by atoms with Gasteiger partial charge in [-0.05, 0) is 61.1 Å². The predicted molar refractivity (Wildman–Crippen MR) is 140 cm³/mol. The maximum Gasteiger partial charge on any atom is 0.325 e. The summed E-state index contributed by atoms with van der Waals surface area (Å²) in [5.41, 5.74) is 5.33. The quantitative estimate of drug-likeness (QED) is 0.514. The van der Waals surface area contributed by atoms with Crippen LogP contribution in [0.5, 0.6) is 0 Å². The first-order chi connectivity index (χ1) is 15.8. The maximum absolute atomic E-state index is 12.5. The molecule has 0 spiro atoms. The molecule has 33 heavy (non-hydrogen) atoms. The number of amides is 2. The first-order valence-electron chi connectivity index (χ1n) is 11.0. The molecule has 0 bridgehead atoms. The SMILES string of the molecule is CCN(C)C(=O)N1C=CN(c2cc(C)c(NC3(c4ccccc4)C=CC(C)=CS3)cc2Cl)C1. The van der Waals surface area contributed by atoms with E-state index in [9.17, 15) is 4.79 Å². The zero-order valence-corrected chi connectivity index (χ0v) is 21.0. The average Bonchev–Trinajstić information content (AvgIpc) is 3.32. The van der Waals surface area contributed by atoms with Crippen LogP contribution in [0, 0.1) is 6.92 Å². The molecule has 2 aliphatic rings. The molecular formula is C26H29ClN4OS. The summed E-state index contributed by atoms with van der Waals surface area (Å²) in [5, 5.41) is 6.56. The summed E-state index contributed by atoms with van der Waals surface area (Å²) in [5.74, 6) is 0. The van der Waals surface area contributed by atoms with Crippen LogP contribution in [-0.2, 0) is 4.87 Å². The molecule has 5 nitrogen and oxygen atoms in total. The van der Waals surface area contributed by atoms with Gasteiger partial charge in [0, 0.05) is 31.7 Å². The smallest absolute Gasteiger partial charge is 0.325 e. The van der Waals surface area contributed by atoms with Crippen LogP contribution in [0.3, 0.4) is 0 Å². The molecule has 4 rings (SSSR count). The third-order valence-electron chi connectivity index (χ3n) is 5.92. The van der Waals surface area contributed by atoms with Gasteiger partial charge in [0.25, 0.3) is 0 Å². The molecule has 2 aliphatic heterocycles. The lowest BCUT2D eigenvalue weighted by Gasteiger charge is -2.35. The molecule has 2 heterocycles. The average molecular weight is 481 g/mol. The lowest BCUT2D eigenvalue weighted by molar-refractivity contribution is 0.185. The number of urea groups is 1. The Bertz CT molecular complexity index is 1130. The Labute approximate surface area is 205 Å². The Morgan fingerprint density at radius 2 is 1.97 bits per heavy atom. The topological polar surface area (TPSA) is 38.8 Å². The van der Waals surface area contributed by atoms with Gasteiger partial charge in [-0.2, -0.15) is 0 Å². The van der Waals surface area contributed by atoms with E-state index in [1.165, 1.54) is 11.1 Å². The Balaban J connectivity index is 1.60. The van der Waals surface area contributed by atoms with Crippen molar-refractivity contribution in [3.8, 4) is 0 Å². The van der Waals surface area contributed by atoms with E-state index in [0.717, 1.165) is 16.9 Å². The highest BCUT2D eigenvalue weighted by molar-refractivity contribution is 8.03. The van der Waals surface area contributed by atoms with Crippen molar-refractivity contribution in [1.82, 2.24) is 9.80 Å². The van der Waals surface area contributed by atoms with E-state index in [2.05, 4.69) is 67.1 Å². The summed E-state index contributed by atoms with van der Waals surface area (Å²) in [6.07, 6.45) is 8.05. The van der Waals surface area contributed by atoms with Gasteiger partial charge in [0.1, 0.15) is 11.5 Å². The number of aryl methyl sites for hydroxylation is 1. The summed E-state index contributed by atoms with van der Waals surface area (Å²) in [6.45, 7) is 7.23. The number of thioether (sulfide) groups is 1. The molecule has 0 saturated carbocycles. The van der Waals surface area contributed by atoms with Crippen LogP contribution < -0.4 is 10.2 Å². The molecule has 0 saturated heterocycles. The second-order valence-corrected chi connectivity index (χ2v) is 9.86. The van der Waals surface area contributed by atoms with Crippen molar-refractivity contribution in [3.05, 3.63) is 94.1 Å². The molecule has 0 radical (unpaired) electrons. The van der Waals surface area contributed by atoms with Crippen molar-refractivity contribution in [2.45, 2.75) is 25.6 Å². The molecule has 172 valence electrons. The fourth-order valence-electron chi connectivity index (χ4n) is 3.78. The highest BCUT2D eigenvalue weighted by atomic mass is 35.5. The van der Waals surface area contributed by atoms with Crippen LogP contribution in [0.4, 0.5) is 16.2 Å². The molecule has 0 aliphatic carbocycles. The van der Waals surface area contributed by atoms with Crippen molar-refractivity contribution < 1.29 is 4.79 Å². The van der Waals surface area contributed by atoms with Crippen molar-refractivity contribution in [1.29, 1.82) is 0 Å². The van der Waals surface area contributed by atoms with Gasteiger partial charge in [-0.1, -0.05) is 59.8 Å². The molecule has 2 aromatic rings. The third-order valence-corrected chi connectivity index (χ3v) is 7.55. The standard InChI is InChI=1S/C26H29ClN4OS/c1-5-29(4)25(32)31-14-13-30(18-31)24-15-20(3)23(16-22(24)27)28-26(12-11-19(2)17-33-26)21-9-7-6-8-10-21/h6-17,28H,5,18H2,1-4H3. The summed E-state index contributed by atoms with van der Waals surface area (Å²) in [7, 11) is 1.80. The minimum absolute atomic E-state index is 0.0309. The van der Waals surface area contributed by atoms with Crippen LogP contribution in [0.1, 0.15) is 25.0 Å². The molecule has 0 fully saturated rings. The Kier molecular flexibility index (Phi) is 6.77. The van der Waals surface area contributed by atoms with E-state index in [4.69, 9.17) is 11.6 Å². The highest BCUT2D eigenvalue weighted by Crippen LogP contribution is 2.44. The van der Waals surface area contributed by atoms with Gasteiger partial charge < -0.3 is 15.1 Å². The minimum atomic E-state index is -0.419. The lowest BCUT2D eigenvalue weighted by atomic mass is 10.0. The van der Waals surface area contributed by atoms with Crippen LogP contribution in [0.25, 0.3) is 0 Å². The van der Waals surface area contributed by atoms with E-state index >= 15 is 0 Å². The summed E-state index contributed by atoms with van der Waals surface area (Å²) in [6, 6.07) is 14.4. The van der Waals surface area contributed by atoms with Gasteiger partial charge in [-0.25, -0.2) is 4.79 Å². The fourth-order valence-corrected chi connectivity index (χ4v) is 5.09. The molecule has 2 aromatic carbocycles. The highest BCUT2D eigenvalue weighted by Gasteiger charge is 2.32. The second kappa shape index (κ2) is 9.57. The molecule has 1 atom stereocenters. The summed E-state index contributed by atoms with van der Waals surface area (Å²) < 4.78 is 0. The van der Waals surface area contributed by atoms with Crippen LogP contribution in [-0.4, -0.2) is 36.1 Å². The van der Waals surface area contributed by atoms with Gasteiger partial charge in [0.2, 0.25) is 0 Å². The summed E-state index contributed by atoms with van der Waals surface area (Å²) >= 11 is 8.51. The number of anilines is 2. The van der Waals surface area contributed by atoms with E-state index in [-0.39, 0.29) is 6.03 Å². The van der Waals surface area contributed by atoms with Crippen molar-refractivity contribution in [2.24, 2.45) is 0 Å². The number of rotatable bonds is 5. The predicted octanol–water partition coefficient (Wildman–Crippen LogP) is 6.74. The molecular weight excluding hydrogens is 452 g/mol. The van der Waals surface area contributed by atoms with Gasteiger partial charge in [0.05, 0.1) is 10.7 Å². The van der Waals surface area contributed by atoms with Crippen LogP contribution in [0.15, 0.2) is 78.0 Å². The number of carbonyl (C=O) groups excluding carboxylic acids is 1. The first-order valence-corrected chi connectivity index (χ1v) is 12.2. The number of nitrogens with one attached hydrogen (secondary N) is 1. The van der Waals surface area contributed by atoms with E-state index in [1.807, 2.05) is 30.2 Å². The monoisotopic (exact) mass is 480 g/mol. The fraction of sp³-hybridized carbons (Fsp3) is 0.269. The largest absolute Gasteiger partial charge is 0.363 e. The van der Waals surface area contributed by atoms with Gasteiger partial charge >= 0.3 is 6.03 Å². The number of benzene rings is 2. The molecule has 7 heteroatoms. The number of hydrogen-bond acceptors (Lipinski definition) is 4. The van der Waals surface area contributed by atoms with Crippen LogP contribution in [0.2, 0.25) is 5.02 Å². The molecule has 1 N–H and O–H groups in total. The minimum Gasteiger partial charge on any atom is -0.363 e. The maximum atomic E-state index is 12.5. The first kappa shape index (κ1) is 23.3. The molecule has 1 unspecified atom stereocenters. The number of carbonyl (C=O) groups is 1. The Morgan fingerprint density at radius 1 is 1.21 bits per heavy atom. The van der Waals surface area contributed by atoms with Gasteiger partial charge in [0.15, 0.2) is 0 Å². The second-order valence-electron chi connectivity index (χ2n) is 8.33. The zero-order chi connectivity index (χ0) is 23.6. The van der Waals surface area contributed by atoms with E-state index in [1.54, 1.807) is 34.8 Å². The number of allylic oxidation sites excluding steroid dienone is 2. The van der Waals surface area contributed by atoms with Crippen molar-refractivity contribution in [2.75, 3.05) is 30.5 Å².